The van der Waals surface area contributed by atoms with Gasteiger partial charge in [-0.1, -0.05) is 52.3 Å². The molecule has 0 N–H and O–H groups in total. The topological polar surface area (TPSA) is 13.1 Å². The molecule has 5 rings (SSSR count). The van der Waals surface area contributed by atoms with E-state index in [2.05, 4.69) is 64.5 Å². The van der Waals surface area contributed by atoms with E-state index < -0.39 is 0 Å². The van der Waals surface area contributed by atoms with E-state index in [9.17, 15) is 0 Å². The number of hydrogen-bond acceptors (Lipinski definition) is 1. The van der Waals surface area contributed by atoms with E-state index in [0.29, 0.717) is 5.92 Å². The molecule has 0 radical (unpaired) electrons. The summed E-state index contributed by atoms with van der Waals surface area (Å²) in [6.07, 6.45) is 10.7. The molecule has 2 aromatic carbocycles. The Labute approximate surface area is 156 Å². The molecule has 0 aliphatic heterocycles. The number of furan rings is 1. The standard InChI is InChI=1S/C23H19BrO/c24-22-8-2-7-18-19-10-9-15-4-1-5-16(14-17-6-3-13-25-17)23(15)21(19)12-11-20(18)22/h1-4,6-10,13,16H,5,11-12,14H2. The van der Waals surface area contributed by atoms with E-state index in [1.165, 1.54) is 26.7 Å². The largest absolute Gasteiger partial charge is 0.469 e. The highest BCUT2D eigenvalue weighted by Gasteiger charge is 2.27. The number of benzene rings is 2. The van der Waals surface area contributed by atoms with Crippen LogP contribution in [0.1, 0.15) is 40.4 Å². The van der Waals surface area contributed by atoms with E-state index in [4.69, 9.17) is 4.42 Å². The Bertz CT molecular complexity index is 966. The second-order valence-corrected chi connectivity index (χ2v) is 7.83. The molecule has 0 spiro atoms. The highest BCUT2D eigenvalue weighted by atomic mass is 79.9. The molecule has 2 aliphatic carbocycles. The van der Waals surface area contributed by atoms with Gasteiger partial charge in [0.25, 0.3) is 0 Å². The van der Waals surface area contributed by atoms with Crippen molar-refractivity contribution in [2.24, 2.45) is 0 Å². The fraction of sp³-hybridized carbons (Fsp3) is 0.217. The van der Waals surface area contributed by atoms with Gasteiger partial charge in [0.2, 0.25) is 0 Å². The zero-order valence-electron chi connectivity index (χ0n) is 14.0. The number of fused-ring (bicyclic) bond motifs is 5. The van der Waals surface area contributed by atoms with E-state index in [0.717, 1.165) is 31.4 Å². The van der Waals surface area contributed by atoms with E-state index in [1.807, 2.05) is 6.07 Å². The first-order valence-electron chi connectivity index (χ1n) is 8.93. The van der Waals surface area contributed by atoms with Gasteiger partial charge in [-0.05, 0) is 76.8 Å². The lowest BCUT2D eigenvalue weighted by atomic mass is 9.75. The van der Waals surface area contributed by atoms with Crippen LogP contribution >= 0.6 is 15.9 Å². The summed E-state index contributed by atoms with van der Waals surface area (Å²) in [6.45, 7) is 0. The molecular weight excluding hydrogens is 372 g/mol. The van der Waals surface area contributed by atoms with Crippen LogP contribution in [0.3, 0.4) is 0 Å². The lowest BCUT2D eigenvalue weighted by Gasteiger charge is -2.30. The van der Waals surface area contributed by atoms with Crippen molar-refractivity contribution in [2.45, 2.75) is 31.6 Å². The zero-order valence-corrected chi connectivity index (χ0v) is 15.6. The third-order valence-corrected chi connectivity index (χ3v) is 6.32. The summed E-state index contributed by atoms with van der Waals surface area (Å²) < 4.78 is 6.87. The number of halogens is 1. The molecule has 0 bridgehead atoms. The molecule has 1 heterocycles. The average molecular weight is 391 g/mol. The normalized spacial score (nSPS) is 17.7. The average Bonchev–Trinajstić information content (AvgIpc) is 3.14. The fourth-order valence-electron chi connectivity index (χ4n) is 4.48. The Morgan fingerprint density at radius 1 is 0.960 bits per heavy atom. The van der Waals surface area contributed by atoms with Crippen molar-refractivity contribution in [3.05, 3.63) is 87.3 Å². The first kappa shape index (κ1) is 15.2. The molecule has 0 saturated heterocycles. The lowest BCUT2D eigenvalue weighted by molar-refractivity contribution is 0.484. The molecule has 3 aromatic rings. The monoisotopic (exact) mass is 390 g/mol. The zero-order chi connectivity index (χ0) is 16.8. The van der Waals surface area contributed by atoms with Gasteiger partial charge in [0.1, 0.15) is 5.76 Å². The SMILES string of the molecule is Brc1cccc2c1CCc1c-2ccc2c1C(Cc1ccco1)CC=C2. The van der Waals surface area contributed by atoms with Gasteiger partial charge in [0, 0.05) is 10.9 Å². The summed E-state index contributed by atoms with van der Waals surface area (Å²) in [4.78, 5) is 0. The number of hydrogen-bond donors (Lipinski definition) is 0. The Morgan fingerprint density at radius 3 is 2.72 bits per heavy atom. The van der Waals surface area contributed by atoms with Crippen LogP contribution in [0.5, 0.6) is 0 Å². The smallest absolute Gasteiger partial charge is 0.104 e. The van der Waals surface area contributed by atoms with E-state index in [1.54, 1.807) is 17.4 Å². The predicted molar refractivity (Wildman–Crippen MR) is 106 cm³/mol. The second-order valence-electron chi connectivity index (χ2n) is 6.98. The molecule has 0 saturated carbocycles. The molecule has 1 atom stereocenters. The van der Waals surface area contributed by atoms with Gasteiger partial charge in [-0.3, -0.25) is 0 Å². The van der Waals surface area contributed by atoms with Gasteiger partial charge in [0.05, 0.1) is 6.26 Å². The molecule has 1 aromatic heterocycles. The summed E-state index contributed by atoms with van der Waals surface area (Å²) in [5.74, 6) is 1.60. The van der Waals surface area contributed by atoms with Crippen molar-refractivity contribution in [2.75, 3.05) is 0 Å². The Morgan fingerprint density at radius 2 is 1.84 bits per heavy atom. The highest BCUT2D eigenvalue weighted by Crippen LogP contribution is 2.44. The summed E-state index contributed by atoms with van der Waals surface area (Å²) in [6, 6.07) is 15.3. The van der Waals surface area contributed by atoms with Crippen molar-refractivity contribution in [1.82, 2.24) is 0 Å². The molecule has 25 heavy (non-hydrogen) atoms. The maximum absolute atomic E-state index is 5.64. The minimum atomic E-state index is 0.509. The maximum Gasteiger partial charge on any atom is 0.104 e. The van der Waals surface area contributed by atoms with Crippen LogP contribution in [-0.4, -0.2) is 0 Å². The predicted octanol–water partition coefficient (Wildman–Crippen LogP) is 6.55. The number of rotatable bonds is 2. The van der Waals surface area contributed by atoms with Crippen LogP contribution in [0.4, 0.5) is 0 Å². The Balaban J connectivity index is 1.66. The lowest BCUT2D eigenvalue weighted by Crippen LogP contribution is -2.15. The van der Waals surface area contributed by atoms with Crippen LogP contribution in [0, 0.1) is 0 Å². The Hall–Kier alpha value is -2.06. The first-order valence-corrected chi connectivity index (χ1v) is 9.73. The molecule has 2 aliphatic rings. The van der Waals surface area contributed by atoms with Gasteiger partial charge in [-0.25, -0.2) is 0 Å². The van der Waals surface area contributed by atoms with Gasteiger partial charge in [-0.15, -0.1) is 0 Å². The highest BCUT2D eigenvalue weighted by molar-refractivity contribution is 9.10. The fourth-order valence-corrected chi connectivity index (χ4v) is 5.05. The minimum absolute atomic E-state index is 0.509. The number of allylic oxidation sites excluding steroid dienone is 1. The third kappa shape index (κ3) is 2.51. The summed E-state index contributed by atoms with van der Waals surface area (Å²) in [7, 11) is 0. The molecule has 0 amide bonds. The minimum Gasteiger partial charge on any atom is -0.469 e. The van der Waals surface area contributed by atoms with Crippen molar-refractivity contribution in [3.8, 4) is 11.1 Å². The first-order chi connectivity index (χ1) is 12.3. The van der Waals surface area contributed by atoms with Crippen LogP contribution in [0.2, 0.25) is 0 Å². The van der Waals surface area contributed by atoms with Crippen LogP contribution in [0.25, 0.3) is 17.2 Å². The van der Waals surface area contributed by atoms with Gasteiger partial charge < -0.3 is 4.42 Å². The van der Waals surface area contributed by atoms with Crippen LogP contribution in [0.15, 0.2) is 63.7 Å². The van der Waals surface area contributed by atoms with Crippen LogP contribution in [-0.2, 0) is 19.3 Å². The molecule has 1 unspecified atom stereocenters. The molecule has 2 heteroatoms. The molecule has 0 fully saturated rings. The van der Waals surface area contributed by atoms with E-state index in [-0.39, 0.29) is 0 Å². The van der Waals surface area contributed by atoms with Crippen LogP contribution < -0.4 is 0 Å². The third-order valence-electron chi connectivity index (χ3n) is 5.58. The van der Waals surface area contributed by atoms with E-state index >= 15 is 0 Å². The summed E-state index contributed by atoms with van der Waals surface area (Å²) in [5.41, 5.74) is 8.74. The van der Waals surface area contributed by atoms with Crippen molar-refractivity contribution in [3.63, 3.8) is 0 Å². The molecule has 124 valence electrons. The molecular formula is C23H19BrO. The molecule has 1 nitrogen and oxygen atoms in total. The summed E-state index contributed by atoms with van der Waals surface area (Å²) in [5, 5.41) is 0. The quantitative estimate of drug-likeness (QED) is 0.483. The van der Waals surface area contributed by atoms with Gasteiger partial charge >= 0.3 is 0 Å². The Kier molecular flexibility index (Phi) is 3.67. The van der Waals surface area contributed by atoms with Gasteiger partial charge in [-0.2, -0.15) is 0 Å². The van der Waals surface area contributed by atoms with Crippen molar-refractivity contribution >= 4 is 22.0 Å². The van der Waals surface area contributed by atoms with Gasteiger partial charge in [0.15, 0.2) is 0 Å². The summed E-state index contributed by atoms with van der Waals surface area (Å²) >= 11 is 3.74. The maximum atomic E-state index is 5.64. The van der Waals surface area contributed by atoms with Crippen molar-refractivity contribution in [1.29, 1.82) is 0 Å². The second kappa shape index (κ2) is 6.03. The van der Waals surface area contributed by atoms with Crippen molar-refractivity contribution < 1.29 is 4.42 Å².